The molecule has 8 heteroatoms. The average molecular weight is 633 g/mol. The number of hydrogen-bond acceptors (Lipinski definition) is 2. The summed E-state index contributed by atoms with van der Waals surface area (Å²) in [6, 6.07) is 26.9. The number of nitrogens with zero attached hydrogens (tertiary/aromatic N) is 2. The van der Waals surface area contributed by atoms with Gasteiger partial charge in [0, 0.05) is 53.1 Å². The minimum atomic E-state index is -0.244. The van der Waals surface area contributed by atoms with Gasteiger partial charge in [-0.05, 0) is 110 Å². The molecule has 4 aromatic carbocycles. The van der Waals surface area contributed by atoms with E-state index in [9.17, 15) is 14.0 Å². The standard InChI is InChI=1S/C19H17ClN2O.C19H17FN2O/c2*1-12-9-14-11-17-19(23)21-7-2-8-22(17)18(14)16(10-12)13-3-5-15(20)6-4-13/h2*3-6,9-11H,2,7-8H2,1H3,(H,21,23). The molecule has 2 aliphatic rings. The molecule has 0 radical (unpaired) electrons. The van der Waals surface area contributed by atoms with Crippen molar-refractivity contribution >= 4 is 45.2 Å². The minimum absolute atomic E-state index is 0.0124. The third kappa shape index (κ3) is 5.56. The number of carbonyl (C=O) groups is 2. The van der Waals surface area contributed by atoms with Gasteiger partial charge >= 0.3 is 0 Å². The lowest BCUT2D eigenvalue weighted by Gasteiger charge is -2.11. The molecule has 0 saturated heterocycles. The van der Waals surface area contributed by atoms with E-state index < -0.39 is 0 Å². The van der Waals surface area contributed by atoms with Crippen molar-refractivity contribution in [1.82, 2.24) is 19.8 Å². The van der Waals surface area contributed by atoms with Crippen LogP contribution in [-0.2, 0) is 13.1 Å². The Morgan fingerprint density at radius 1 is 0.630 bits per heavy atom. The summed E-state index contributed by atoms with van der Waals surface area (Å²) < 4.78 is 17.5. The van der Waals surface area contributed by atoms with Gasteiger partial charge in [0.25, 0.3) is 11.8 Å². The van der Waals surface area contributed by atoms with Gasteiger partial charge in [-0.1, -0.05) is 35.9 Å². The van der Waals surface area contributed by atoms with Crippen molar-refractivity contribution in [3.8, 4) is 22.3 Å². The zero-order valence-electron chi connectivity index (χ0n) is 25.8. The van der Waals surface area contributed by atoms with Gasteiger partial charge in [0.1, 0.15) is 17.2 Å². The maximum Gasteiger partial charge on any atom is 0.267 e. The van der Waals surface area contributed by atoms with Crippen molar-refractivity contribution in [2.75, 3.05) is 13.1 Å². The number of benzene rings is 4. The van der Waals surface area contributed by atoms with Gasteiger partial charge in [-0.3, -0.25) is 9.59 Å². The second-order valence-corrected chi connectivity index (χ2v) is 12.5. The van der Waals surface area contributed by atoms with Crippen LogP contribution >= 0.6 is 11.6 Å². The normalized spacial score (nSPS) is 14.4. The fourth-order valence-corrected chi connectivity index (χ4v) is 6.85. The molecule has 0 spiro atoms. The molecular weight excluding hydrogens is 599 g/mol. The molecule has 0 bridgehead atoms. The van der Waals surface area contributed by atoms with E-state index >= 15 is 0 Å². The second-order valence-electron chi connectivity index (χ2n) is 12.1. The molecule has 0 atom stereocenters. The van der Waals surface area contributed by atoms with Crippen LogP contribution in [0.15, 0.2) is 84.9 Å². The number of hydrogen-bond donors (Lipinski definition) is 2. The van der Waals surface area contributed by atoms with E-state index in [2.05, 4.69) is 51.0 Å². The summed E-state index contributed by atoms with van der Waals surface area (Å²) in [5.41, 5.74) is 10.2. The van der Waals surface area contributed by atoms with Gasteiger partial charge in [-0.2, -0.15) is 0 Å². The molecule has 6 aromatic rings. The molecule has 8 rings (SSSR count). The Labute approximate surface area is 271 Å². The van der Waals surface area contributed by atoms with Crippen LogP contribution in [0.3, 0.4) is 0 Å². The van der Waals surface area contributed by atoms with E-state index in [4.69, 9.17) is 11.6 Å². The number of rotatable bonds is 2. The highest BCUT2D eigenvalue weighted by Crippen LogP contribution is 2.35. The van der Waals surface area contributed by atoms with Crippen LogP contribution in [0.2, 0.25) is 5.02 Å². The van der Waals surface area contributed by atoms with Crippen molar-refractivity contribution in [3.63, 3.8) is 0 Å². The Bertz CT molecular complexity index is 1970. The molecule has 0 saturated carbocycles. The lowest BCUT2D eigenvalue weighted by atomic mass is 10.0. The van der Waals surface area contributed by atoms with Gasteiger partial charge in [0.15, 0.2) is 0 Å². The first kappa shape index (κ1) is 29.8. The third-order valence-corrected chi connectivity index (χ3v) is 8.99. The van der Waals surface area contributed by atoms with E-state index in [1.807, 2.05) is 43.3 Å². The van der Waals surface area contributed by atoms with Crippen molar-refractivity contribution < 1.29 is 14.0 Å². The zero-order valence-corrected chi connectivity index (χ0v) is 26.5. The van der Waals surface area contributed by atoms with Crippen LogP contribution in [0.25, 0.3) is 44.1 Å². The molecule has 6 nitrogen and oxygen atoms in total. The molecule has 2 aliphatic heterocycles. The van der Waals surface area contributed by atoms with Crippen LogP contribution in [0, 0.1) is 19.7 Å². The van der Waals surface area contributed by atoms with Crippen molar-refractivity contribution in [2.45, 2.75) is 39.8 Å². The summed E-state index contributed by atoms with van der Waals surface area (Å²) in [4.78, 5) is 24.6. The summed E-state index contributed by atoms with van der Waals surface area (Å²) in [5, 5.41) is 8.79. The van der Waals surface area contributed by atoms with Gasteiger partial charge in [-0.15, -0.1) is 0 Å². The van der Waals surface area contributed by atoms with E-state index in [1.165, 1.54) is 17.7 Å². The smallest absolute Gasteiger partial charge is 0.267 e. The van der Waals surface area contributed by atoms with Crippen LogP contribution < -0.4 is 10.6 Å². The second kappa shape index (κ2) is 12.1. The van der Waals surface area contributed by atoms with Crippen LogP contribution in [0.4, 0.5) is 4.39 Å². The SMILES string of the molecule is Cc1cc(-c2ccc(Cl)cc2)c2c(c1)cc1n2CCCNC1=O.Cc1cc(-c2ccc(F)cc2)c2c(c1)cc1n2CCCNC1=O. The number of carbonyl (C=O) groups excluding carboxylic acids is 2. The Hall–Kier alpha value is -4.88. The van der Waals surface area contributed by atoms with Crippen LogP contribution in [0.5, 0.6) is 0 Å². The first-order valence-corrected chi connectivity index (χ1v) is 16.0. The number of aryl methyl sites for hydroxylation is 4. The molecular formula is C38H34ClFN4O2. The van der Waals surface area contributed by atoms with E-state index in [-0.39, 0.29) is 17.6 Å². The number of nitrogens with one attached hydrogen (secondary N) is 2. The van der Waals surface area contributed by atoms with Gasteiger partial charge < -0.3 is 19.8 Å². The lowest BCUT2D eigenvalue weighted by molar-refractivity contribution is 0.0943. The fraction of sp³-hybridized carbons (Fsp3) is 0.211. The molecule has 2 amide bonds. The summed E-state index contributed by atoms with van der Waals surface area (Å²) in [6.45, 7) is 7.19. The Morgan fingerprint density at radius 2 is 1.07 bits per heavy atom. The summed E-state index contributed by atoms with van der Waals surface area (Å²) in [5.74, 6) is -0.258. The number of halogens is 2. The molecule has 0 aliphatic carbocycles. The van der Waals surface area contributed by atoms with Gasteiger partial charge in [0.05, 0.1) is 11.0 Å². The number of fused-ring (bicyclic) bond motifs is 6. The maximum atomic E-state index is 13.3. The molecule has 2 N–H and O–H groups in total. The summed E-state index contributed by atoms with van der Waals surface area (Å²) >= 11 is 6.03. The fourth-order valence-electron chi connectivity index (χ4n) is 6.73. The largest absolute Gasteiger partial charge is 0.351 e. The maximum absolute atomic E-state index is 13.3. The van der Waals surface area contributed by atoms with E-state index in [1.54, 1.807) is 12.1 Å². The monoisotopic (exact) mass is 632 g/mol. The van der Waals surface area contributed by atoms with Gasteiger partial charge in [-0.25, -0.2) is 4.39 Å². The topological polar surface area (TPSA) is 68.1 Å². The van der Waals surface area contributed by atoms with Crippen molar-refractivity contribution in [1.29, 1.82) is 0 Å². The molecule has 46 heavy (non-hydrogen) atoms. The van der Waals surface area contributed by atoms with Gasteiger partial charge in [0.2, 0.25) is 0 Å². The van der Waals surface area contributed by atoms with Crippen molar-refractivity contribution in [3.05, 3.63) is 118 Å². The quantitative estimate of drug-likeness (QED) is 0.202. The predicted molar refractivity (Wildman–Crippen MR) is 183 cm³/mol. The lowest BCUT2D eigenvalue weighted by Crippen LogP contribution is -2.22. The molecule has 0 unspecified atom stereocenters. The average Bonchev–Trinajstić information content (AvgIpc) is 3.47. The Morgan fingerprint density at radius 3 is 1.52 bits per heavy atom. The summed E-state index contributed by atoms with van der Waals surface area (Å²) in [7, 11) is 0. The number of aromatic nitrogens is 2. The molecule has 232 valence electrons. The van der Waals surface area contributed by atoms with Crippen LogP contribution in [0.1, 0.15) is 44.9 Å². The molecule has 0 fully saturated rings. The number of amides is 2. The highest BCUT2D eigenvalue weighted by Gasteiger charge is 2.22. The van der Waals surface area contributed by atoms with E-state index in [0.717, 1.165) is 92.8 Å². The van der Waals surface area contributed by atoms with E-state index in [0.29, 0.717) is 12.2 Å². The molecule has 2 aromatic heterocycles. The Balaban J connectivity index is 0.000000147. The highest BCUT2D eigenvalue weighted by molar-refractivity contribution is 6.30. The highest BCUT2D eigenvalue weighted by atomic mass is 35.5. The third-order valence-electron chi connectivity index (χ3n) is 8.74. The van der Waals surface area contributed by atoms with Crippen LogP contribution in [-0.4, -0.2) is 34.0 Å². The summed E-state index contributed by atoms with van der Waals surface area (Å²) in [6.07, 6.45) is 1.84. The molecule has 4 heterocycles. The Kier molecular flexibility index (Phi) is 7.87. The van der Waals surface area contributed by atoms with Crippen molar-refractivity contribution in [2.24, 2.45) is 0 Å². The zero-order chi connectivity index (χ0) is 31.9. The first-order chi connectivity index (χ1) is 22.3. The predicted octanol–water partition coefficient (Wildman–Crippen LogP) is 8.29. The minimum Gasteiger partial charge on any atom is -0.351 e. The first-order valence-electron chi connectivity index (χ1n) is 15.6.